The van der Waals surface area contributed by atoms with Gasteiger partial charge in [0.15, 0.2) is 4.77 Å². The molecule has 0 aliphatic rings. The Morgan fingerprint density at radius 2 is 2.06 bits per heavy atom. The highest BCUT2D eigenvalue weighted by molar-refractivity contribution is 7.71. The molecule has 0 aliphatic carbocycles. The van der Waals surface area contributed by atoms with Crippen LogP contribution >= 0.6 is 12.2 Å². The van der Waals surface area contributed by atoms with Crippen molar-refractivity contribution in [3.8, 4) is 17.0 Å². The number of aryl methyl sites for hydroxylation is 2. The van der Waals surface area contributed by atoms with Crippen LogP contribution in [0.5, 0.6) is 5.75 Å². The molecule has 4 heteroatoms. The van der Waals surface area contributed by atoms with Gasteiger partial charge in [0.1, 0.15) is 5.75 Å². The number of hydrogen-bond donors (Lipinski definition) is 1. The second kappa shape index (κ2) is 5.31. The lowest BCUT2D eigenvalue weighted by atomic mass is 10.1. The third-order valence-electron chi connectivity index (χ3n) is 2.65. The first-order valence-electron chi connectivity index (χ1n) is 5.92. The standard InChI is InChI=1S/C14H16N2OS/c1-4-17-13-6-5-11(7-9(13)2)12-8-10(3)15-14(18)16-12/h5-8H,4H2,1-3H3,(H,15,16,18). The molecule has 0 aliphatic heterocycles. The van der Waals surface area contributed by atoms with E-state index in [-0.39, 0.29) is 0 Å². The zero-order valence-electron chi connectivity index (χ0n) is 10.8. The van der Waals surface area contributed by atoms with Gasteiger partial charge in [-0.2, -0.15) is 0 Å². The maximum Gasteiger partial charge on any atom is 0.197 e. The van der Waals surface area contributed by atoms with Crippen molar-refractivity contribution in [1.29, 1.82) is 0 Å². The molecule has 0 fully saturated rings. The van der Waals surface area contributed by atoms with Crippen molar-refractivity contribution in [2.45, 2.75) is 20.8 Å². The highest BCUT2D eigenvalue weighted by atomic mass is 32.1. The van der Waals surface area contributed by atoms with Gasteiger partial charge in [0.2, 0.25) is 0 Å². The molecule has 0 atom stereocenters. The Kier molecular flexibility index (Phi) is 3.77. The molecule has 1 heterocycles. The Hall–Kier alpha value is -1.68. The third kappa shape index (κ3) is 2.76. The normalized spacial score (nSPS) is 10.4. The number of aromatic amines is 1. The zero-order valence-corrected chi connectivity index (χ0v) is 11.6. The number of hydrogen-bond acceptors (Lipinski definition) is 3. The van der Waals surface area contributed by atoms with E-state index in [2.05, 4.69) is 16.0 Å². The maximum absolute atomic E-state index is 5.53. The lowest BCUT2D eigenvalue weighted by Crippen LogP contribution is -1.95. The largest absolute Gasteiger partial charge is 0.494 e. The molecule has 1 aromatic carbocycles. The van der Waals surface area contributed by atoms with Crippen LogP contribution in [0.1, 0.15) is 18.2 Å². The van der Waals surface area contributed by atoms with Crippen LogP contribution in [0.15, 0.2) is 24.3 Å². The second-order valence-electron chi connectivity index (χ2n) is 4.17. The molecule has 1 N–H and O–H groups in total. The lowest BCUT2D eigenvalue weighted by molar-refractivity contribution is 0.338. The molecule has 0 bridgehead atoms. The van der Waals surface area contributed by atoms with Crippen molar-refractivity contribution in [2.75, 3.05) is 6.61 Å². The minimum absolute atomic E-state index is 0.511. The molecule has 0 unspecified atom stereocenters. The van der Waals surface area contributed by atoms with E-state index in [1.807, 2.05) is 39.0 Å². The van der Waals surface area contributed by atoms with Crippen LogP contribution in [-0.4, -0.2) is 16.6 Å². The smallest absolute Gasteiger partial charge is 0.197 e. The summed E-state index contributed by atoms with van der Waals surface area (Å²) in [6.07, 6.45) is 0. The van der Waals surface area contributed by atoms with Crippen LogP contribution in [0.2, 0.25) is 0 Å². The first kappa shape index (κ1) is 12.8. The molecule has 3 nitrogen and oxygen atoms in total. The molecule has 2 aromatic rings. The van der Waals surface area contributed by atoms with Gasteiger partial charge in [-0.15, -0.1) is 0 Å². The molecule has 0 amide bonds. The summed E-state index contributed by atoms with van der Waals surface area (Å²) in [4.78, 5) is 7.35. The van der Waals surface area contributed by atoms with Gasteiger partial charge in [0.25, 0.3) is 0 Å². The van der Waals surface area contributed by atoms with Crippen molar-refractivity contribution >= 4 is 12.2 Å². The summed E-state index contributed by atoms with van der Waals surface area (Å²) in [6.45, 7) is 6.66. The molecular weight excluding hydrogens is 244 g/mol. The van der Waals surface area contributed by atoms with Crippen molar-refractivity contribution in [2.24, 2.45) is 0 Å². The summed E-state index contributed by atoms with van der Waals surface area (Å²) in [5, 5.41) is 0. The summed E-state index contributed by atoms with van der Waals surface area (Å²) in [7, 11) is 0. The number of nitrogens with one attached hydrogen (secondary N) is 1. The number of aromatic nitrogens is 2. The fourth-order valence-electron chi connectivity index (χ4n) is 1.85. The van der Waals surface area contributed by atoms with E-state index in [0.29, 0.717) is 11.4 Å². The molecule has 0 radical (unpaired) electrons. The highest BCUT2D eigenvalue weighted by Crippen LogP contribution is 2.25. The molecule has 18 heavy (non-hydrogen) atoms. The van der Waals surface area contributed by atoms with E-state index in [4.69, 9.17) is 17.0 Å². The predicted octanol–water partition coefficient (Wildman–Crippen LogP) is 3.82. The quantitative estimate of drug-likeness (QED) is 0.852. The monoisotopic (exact) mass is 260 g/mol. The van der Waals surface area contributed by atoms with E-state index >= 15 is 0 Å². The van der Waals surface area contributed by atoms with Crippen molar-refractivity contribution in [1.82, 2.24) is 9.97 Å². The SMILES string of the molecule is CCOc1ccc(-c2cc(C)[nH]c(=S)n2)cc1C. The zero-order chi connectivity index (χ0) is 13.1. The molecule has 2 rings (SSSR count). The minimum atomic E-state index is 0.511. The van der Waals surface area contributed by atoms with Crippen LogP contribution < -0.4 is 4.74 Å². The molecule has 0 spiro atoms. The summed E-state index contributed by atoms with van der Waals surface area (Å²) >= 11 is 5.10. The second-order valence-corrected chi connectivity index (χ2v) is 4.55. The highest BCUT2D eigenvalue weighted by Gasteiger charge is 2.04. The fraction of sp³-hybridized carbons (Fsp3) is 0.286. The summed E-state index contributed by atoms with van der Waals surface area (Å²) in [5.41, 5.74) is 4.06. The average molecular weight is 260 g/mol. The van der Waals surface area contributed by atoms with Gasteiger partial charge in [0, 0.05) is 11.3 Å². The van der Waals surface area contributed by atoms with Crippen LogP contribution in [0.25, 0.3) is 11.3 Å². The number of H-pyrrole nitrogens is 1. The Balaban J connectivity index is 2.45. The van der Waals surface area contributed by atoms with Crippen LogP contribution in [0.4, 0.5) is 0 Å². The lowest BCUT2D eigenvalue weighted by Gasteiger charge is -2.09. The van der Waals surface area contributed by atoms with Crippen molar-refractivity contribution in [3.63, 3.8) is 0 Å². The van der Waals surface area contributed by atoms with Crippen molar-refractivity contribution < 1.29 is 4.74 Å². The van der Waals surface area contributed by atoms with Crippen LogP contribution in [0.3, 0.4) is 0 Å². The number of benzene rings is 1. The average Bonchev–Trinajstić information content (AvgIpc) is 2.30. The Bertz CT molecular complexity index is 619. The summed E-state index contributed by atoms with van der Waals surface area (Å²) < 4.78 is 6.04. The van der Waals surface area contributed by atoms with Gasteiger partial charge in [0.05, 0.1) is 12.3 Å². The van der Waals surface area contributed by atoms with Gasteiger partial charge < -0.3 is 9.72 Å². The van der Waals surface area contributed by atoms with E-state index in [1.54, 1.807) is 0 Å². The third-order valence-corrected chi connectivity index (χ3v) is 2.84. The first-order valence-corrected chi connectivity index (χ1v) is 6.32. The minimum Gasteiger partial charge on any atom is -0.494 e. The van der Waals surface area contributed by atoms with Gasteiger partial charge in [-0.3, -0.25) is 0 Å². The topological polar surface area (TPSA) is 37.9 Å². The van der Waals surface area contributed by atoms with Gasteiger partial charge in [-0.05, 0) is 62.8 Å². The number of nitrogens with zero attached hydrogens (tertiary/aromatic N) is 1. The Morgan fingerprint density at radius 1 is 1.28 bits per heavy atom. The Labute approximate surface area is 112 Å². The van der Waals surface area contributed by atoms with E-state index in [1.165, 1.54) is 0 Å². The van der Waals surface area contributed by atoms with Gasteiger partial charge in [-0.25, -0.2) is 4.98 Å². The van der Waals surface area contributed by atoms with Crippen LogP contribution in [0, 0.1) is 18.6 Å². The molecular formula is C14H16N2OS. The predicted molar refractivity (Wildman–Crippen MR) is 75.5 cm³/mol. The van der Waals surface area contributed by atoms with Crippen molar-refractivity contribution in [3.05, 3.63) is 40.3 Å². The summed E-state index contributed by atoms with van der Waals surface area (Å²) in [5.74, 6) is 0.916. The van der Waals surface area contributed by atoms with E-state index < -0.39 is 0 Å². The molecule has 1 aromatic heterocycles. The van der Waals surface area contributed by atoms with E-state index in [9.17, 15) is 0 Å². The van der Waals surface area contributed by atoms with Gasteiger partial charge in [-0.1, -0.05) is 0 Å². The number of rotatable bonds is 3. The van der Waals surface area contributed by atoms with Crippen LogP contribution in [-0.2, 0) is 0 Å². The molecule has 94 valence electrons. The fourth-order valence-corrected chi connectivity index (χ4v) is 2.11. The number of ether oxygens (including phenoxy) is 1. The molecule has 0 saturated heterocycles. The molecule has 0 saturated carbocycles. The first-order chi connectivity index (χ1) is 8.60. The Morgan fingerprint density at radius 3 is 2.67 bits per heavy atom. The van der Waals surface area contributed by atoms with E-state index in [0.717, 1.165) is 28.3 Å². The summed E-state index contributed by atoms with van der Waals surface area (Å²) in [6, 6.07) is 8.05. The van der Waals surface area contributed by atoms with Gasteiger partial charge >= 0.3 is 0 Å². The maximum atomic E-state index is 5.53.